The Hall–Kier alpha value is -1.27. The summed E-state index contributed by atoms with van der Waals surface area (Å²) < 4.78 is 45.5. The summed E-state index contributed by atoms with van der Waals surface area (Å²) in [6, 6.07) is 6.03. The van der Waals surface area contributed by atoms with Crippen molar-refractivity contribution in [2.24, 2.45) is 5.92 Å². The average Bonchev–Trinajstić information content (AvgIpc) is 2.86. The van der Waals surface area contributed by atoms with Gasteiger partial charge in [0.05, 0.1) is 0 Å². The first kappa shape index (κ1) is 15.1. The van der Waals surface area contributed by atoms with E-state index in [1.165, 1.54) is 12.1 Å². The number of alkyl halides is 3. The van der Waals surface area contributed by atoms with Crippen molar-refractivity contribution in [1.82, 2.24) is 5.32 Å². The van der Waals surface area contributed by atoms with Gasteiger partial charge in [0, 0.05) is 19.8 Å². The summed E-state index contributed by atoms with van der Waals surface area (Å²) in [6.07, 6.45) is -2.52. The maximum absolute atomic E-state index is 12.1. The molecular formula is C14H18F3NO2. The minimum Gasteiger partial charge on any atom is -0.406 e. The lowest BCUT2D eigenvalue weighted by molar-refractivity contribution is -0.274. The van der Waals surface area contributed by atoms with Crippen molar-refractivity contribution in [3.63, 3.8) is 0 Å². The number of rotatable bonds is 6. The highest BCUT2D eigenvalue weighted by Crippen LogP contribution is 2.23. The fourth-order valence-corrected chi connectivity index (χ4v) is 2.20. The number of ether oxygens (including phenoxy) is 2. The summed E-state index contributed by atoms with van der Waals surface area (Å²) in [5.41, 5.74) is 0.773. The van der Waals surface area contributed by atoms with Gasteiger partial charge in [0.1, 0.15) is 5.75 Å². The molecule has 6 heteroatoms. The zero-order chi connectivity index (χ0) is 14.4. The molecule has 3 nitrogen and oxygen atoms in total. The van der Waals surface area contributed by atoms with Gasteiger partial charge in [-0.05, 0) is 43.0 Å². The van der Waals surface area contributed by atoms with Crippen LogP contribution in [0, 0.1) is 5.92 Å². The molecule has 1 aromatic rings. The predicted octanol–water partition coefficient (Wildman–Crippen LogP) is 3.10. The molecule has 20 heavy (non-hydrogen) atoms. The van der Waals surface area contributed by atoms with E-state index in [1.807, 2.05) is 0 Å². The van der Waals surface area contributed by atoms with E-state index in [4.69, 9.17) is 4.74 Å². The topological polar surface area (TPSA) is 30.5 Å². The van der Waals surface area contributed by atoms with E-state index in [1.54, 1.807) is 12.1 Å². The van der Waals surface area contributed by atoms with Crippen LogP contribution in [0.4, 0.5) is 13.2 Å². The van der Waals surface area contributed by atoms with Crippen molar-refractivity contribution in [3.8, 4) is 5.75 Å². The van der Waals surface area contributed by atoms with E-state index in [9.17, 15) is 13.2 Å². The smallest absolute Gasteiger partial charge is 0.406 e. The SMILES string of the molecule is FC(F)(F)Oc1cccc(CNCCC2CCOC2)c1. The molecule has 1 saturated heterocycles. The van der Waals surface area contributed by atoms with Crippen LogP contribution in [0.3, 0.4) is 0 Å². The molecule has 0 radical (unpaired) electrons. The molecule has 2 rings (SSSR count). The number of hydrogen-bond acceptors (Lipinski definition) is 3. The van der Waals surface area contributed by atoms with Crippen molar-refractivity contribution in [2.75, 3.05) is 19.8 Å². The van der Waals surface area contributed by atoms with E-state index in [-0.39, 0.29) is 5.75 Å². The summed E-state index contributed by atoms with van der Waals surface area (Å²) in [5, 5.41) is 3.23. The van der Waals surface area contributed by atoms with Crippen molar-refractivity contribution >= 4 is 0 Å². The van der Waals surface area contributed by atoms with Crippen molar-refractivity contribution < 1.29 is 22.6 Å². The molecule has 0 spiro atoms. The van der Waals surface area contributed by atoms with Crippen LogP contribution < -0.4 is 10.1 Å². The van der Waals surface area contributed by atoms with Crippen molar-refractivity contribution in [3.05, 3.63) is 29.8 Å². The Kier molecular flexibility index (Phi) is 5.25. The van der Waals surface area contributed by atoms with Crippen LogP contribution in [-0.4, -0.2) is 26.1 Å². The molecule has 1 fully saturated rings. The number of hydrogen-bond donors (Lipinski definition) is 1. The summed E-state index contributed by atoms with van der Waals surface area (Å²) in [5.74, 6) is 0.420. The average molecular weight is 289 g/mol. The number of benzene rings is 1. The Bertz CT molecular complexity index is 417. The molecule has 0 aromatic heterocycles. The highest BCUT2D eigenvalue weighted by atomic mass is 19.4. The first-order valence-electron chi connectivity index (χ1n) is 6.66. The fraction of sp³-hybridized carbons (Fsp3) is 0.571. The molecular weight excluding hydrogens is 271 g/mol. The van der Waals surface area contributed by atoms with Gasteiger partial charge in [0.25, 0.3) is 0 Å². The third kappa shape index (κ3) is 5.38. The van der Waals surface area contributed by atoms with Gasteiger partial charge >= 0.3 is 6.36 Å². The summed E-state index contributed by atoms with van der Waals surface area (Å²) >= 11 is 0. The van der Waals surface area contributed by atoms with E-state index < -0.39 is 6.36 Å². The minimum absolute atomic E-state index is 0.180. The van der Waals surface area contributed by atoms with Crippen LogP contribution in [0.15, 0.2) is 24.3 Å². The van der Waals surface area contributed by atoms with Crippen LogP contribution in [0.5, 0.6) is 5.75 Å². The van der Waals surface area contributed by atoms with E-state index >= 15 is 0 Å². The van der Waals surface area contributed by atoms with E-state index in [0.29, 0.717) is 12.5 Å². The minimum atomic E-state index is -4.64. The predicted molar refractivity (Wildman–Crippen MR) is 68.4 cm³/mol. The van der Waals surface area contributed by atoms with Gasteiger partial charge < -0.3 is 14.8 Å². The third-order valence-corrected chi connectivity index (χ3v) is 3.21. The number of halogens is 3. The Morgan fingerprint density at radius 2 is 2.20 bits per heavy atom. The number of nitrogens with one attached hydrogen (secondary N) is 1. The van der Waals surface area contributed by atoms with Gasteiger partial charge in [-0.3, -0.25) is 0 Å². The van der Waals surface area contributed by atoms with Gasteiger partial charge in [0.15, 0.2) is 0 Å². The molecule has 0 saturated carbocycles. The lowest BCUT2D eigenvalue weighted by Crippen LogP contribution is -2.19. The van der Waals surface area contributed by atoms with Gasteiger partial charge in [0.2, 0.25) is 0 Å². The van der Waals surface area contributed by atoms with Gasteiger partial charge in [-0.1, -0.05) is 12.1 Å². The quantitative estimate of drug-likeness (QED) is 0.816. The molecule has 0 aliphatic carbocycles. The first-order chi connectivity index (χ1) is 9.53. The molecule has 1 heterocycles. The zero-order valence-electron chi connectivity index (χ0n) is 11.1. The molecule has 0 amide bonds. The largest absolute Gasteiger partial charge is 0.573 e. The van der Waals surface area contributed by atoms with Crippen LogP contribution in [0.1, 0.15) is 18.4 Å². The van der Waals surface area contributed by atoms with Gasteiger partial charge in [-0.25, -0.2) is 0 Å². The molecule has 1 aromatic carbocycles. The van der Waals surface area contributed by atoms with E-state index in [0.717, 1.165) is 38.2 Å². The van der Waals surface area contributed by atoms with E-state index in [2.05, 4.69) is 10.1 Å². The summed E-state index contributed by atoms with van der Waals surface area (Å²) in [7, 11) is 0. The van der Waals surface area contributed by atoms with Crippen LogP contribution in [-0.2, 0) is 11.3 Å². The molecule has 1 atom stereocenters. The van der Waals surface area contributed by atoms with Crippen LogP contribution in [0.25, 0.3) is 0 Å². The molecule has 0 bridgehead atoms. The zero-order valence-corrected chi connectivity index (χ0v) is 11.1. The summed E-state index contributed by atoms with van der Waals surface area (Å²) in [6.45, 7) is 3.01. The maximum Gasteiger partial charge on any atom is 0.573 e. The lowest BCUT2D eigenvalue weighted by atomic mass is 10.1. The highest BCUT2D eigenvalue weighted by Gasteiger charge is 2.31. The third-order valence-electron chi connectivity index (χ3n) is 3.21. The molecule has 1 aliphatic heterocycles. The maximum atomic E-state index is 12.1. The Morgan fingerprint density at radius 3 is 2.90 bits per heavy atom. The standard InChI is InChI=1S/C14H18F3NO2/c15-14(16,17)20-13-3-1-2-12(8-13)9-18-6-4-11-5-7-19-10-11/h1-3,8,11,18H,4-7,9-10H2. The van der Waals surface area contributed by atoms with Crippen molar-refractivity contribution in [1.29, 1.82) is 0 Å². The Labute approximate surface area is 116 Å². The molecule has 1 aliphatic rings. The normalized spacial score (nSPS) is 19.2. The molecule has 112 valence electrons. The van der Waals surface area contributed by atoms with Crippen LogP contribution in [0.2, 0.25) is 0 Å². The molecule has 1 N–H and O–H groups in total. The highest BCUT2D eigenvalue weighted by molar-refractivity contribution is 5.28. The second-order valence-corrected chi connectivity index (χ2v) is 4.89. The fourth-order valence-electron chi connectivity index (χ4n) is 2.20. The molecule has 1 unspecified atom stereocenters. The Morgan fingerprint density at radius 1 is 1.35 bits per heavy atom. The summed E-state index contributed by atoms with van der Waals surface area (Å²) in [4.78, 5) is 0. The van der Waals surface area contributed by atoms with Crippen LogP contribution >= 0.6 is 0 Å². The Balaban J connectivity index is 1.73. The van der Waals surface area contributed by atoms with Crippen molar-refractivity contribution in [2.45, 2.75) is 25.7 Å². The lowest BCUT2D eigenvalue weighted by Gasteiger charge is -2.11. The van der Waals surface area contributed by atoms with Gasteiger partial charge in [-0.2, -0.15) is 0 Å². The second kappa shape index (κ2) is 6.95. The monoisotopic (exact) mass is 289 g/mol. The first-order valence-corrected chi connectivity index (χ1v) is 6.66. The second-order valence-electron chi connectivity index (χ2n) is 4.89. The van der Waals surface area contributed by atoms with Gasteiger partial charge in [-0.15, -0.1) is 13.2 Å².